The fourth-order valence-electron chi connectivity index (χ4n) is 3.53. The van der Waals surface area contributed by atoms with Crippen molar-refractivity contribution in [2.24, 2.45) is 0 Å². The molecule has 1 aliphatic rings. The summed E-state index contributed by atoms with van der Waals surface area (Å²) in [5.74, 6) is 0.811. The average molecular weight is 442 g/mol. The second-order valence-electron chi connectivity index (χ2n) is 7.18. The van der Waals surface area contributed by atoms with Gasteiger partial charge in [-0.2, -0.15) is 5.10 Å². The highest BCUT2D eigenvalue weighted by Gasteiger charge is 2.30. The molecule has 0 unspecified atom stereocenters. The lowest BCUT2D eigenvalue weighted by Gasteiger charge is -2.26. The fourth-order valence-corrected chi connectivity index (χ4v) is 4.73. The van der Waals surface area contributed by atoms with Gasteiger partial charge in [0.2, 0.25) is 0 Å². The fraction of sp³-hybridized carbons (Fsp3) is 0.273. The molecular formula is C22H23N3O5S. The molecule has 1 amide bonds. The highest BCUT2D eigenvalue weighted by molar-refractivity contribution is 7.91. The van der Waals surface area contributed by atoms with Crippen LogP contribution in [-0.4, -0.2) is 67.8 Å². The molecule has 9 heteroatoms. The van der Waals surface area contributed by atoms with Gasteiger partial charge in [0.05, 0.1) is 37.0 Å². The molecule has 0 aliphatic carbocycles. The van der Waals surface area contributed by atoms with Gasteiger partial charge in [0.15, 0.2) is 9.84 Å². The van der Waals surface area contributed by atoms with E-state index >= 15 is 0 Å². The van der Waals surface area contributed by atoms with E-state index in [4.69, 9.17) is 14.6 Å². The number of benzene rings is 2. The monoisotopic (exact) mass is 441 g/mol. The molecule has 0 atom stereocenters. The van der Waals surface area contributed by atoms with E-state index in [-0.39, 0.29) is 30.5 Å². The Morgan fingerprint density at radius 2 is 1.71 bits per heavy atom. The molecule has 31 heavy (non-hydrogen) atoms. The van der Waals surface area contributed by atoms with Crippen LogP contribution in [-0.2, 0) is 9.84 Å². The summed E-state index contributed by atoms with van der Waals surface area (Å²) in [4.78, 5) is 15.0. The minimum atomic E-state index is -3.10. The summed E-state index contributed by atoms with van der Waals surface area (Å²) in [5, 5.41) is 4.69. The number of carbonyl (C=O) groups is 1. The van der Waals surface area contributed by atoms with Gasteiger partial charge in [-0.3, -0.25) is 4.79 Å². The van der Waals surface area contributed by atoms with Crippen molar-refractivity contribution in [1.82, 2.24) is 14.7 Å². The molecule has 1 aliphatic heterocycles. The highest BCUT2D eigenvalue weighted by atomic mass is 32.2. The Morgan fingerprint density at radius 3 is 2.35 bits per heavy atom. The lowest BCUT2D eigenvalue weighted by molar-refractivity contribution is 0.0771. The Bertz CT molecular complexity index is 1190. The van der Waals surface area contributed by atoms with E-state index in [1.807, 2.05) is 30.3 Å². The van der Waals surface area contributed by atoms with E-state index in [1.54, 1.807) is 48.2 Å². The number of hydrogen-bond acceptors (Lipinski definition) is 6. The van der Waals surface area contributed by atoms with Gasteiger partial charge >= 0.3 is 0 Å². The molecule has 4 rings (SSSR count). The van der Waals surface area contributed by atoms with E-state index in [0.29, 0.717) is 28.3 Å². The van der Waals surface area contributed by atoms with E-state index in [2.05, 4.69) is 0 Å². The lowest BCUT2D eigenvalue weighted by Crippen LogP contribution is -2.43. The summed E-state index contributed by atoms with van der Waals surface area (Å²) in [6, 6.07) is 14.8. The first-order valence-electron chi connectivity index (χ1n) is 9.79. The topological polar surface area (TPSA) is 90.7 Å². The number of sulfone groups is 1. The van der Waals surface area contributed by atoms with Crippen LogP contribution < -0.4 is 9.47 Å². The minimum absolute atomic E-state index is 0.0383. The first-order chi connectivity index (χ1) is 14.9. The van der Waals surface area contributed by atoms with Crippen LogP contribution in [0.4, 0.5) is 0 Å². The Hall–Kier alpha value is -3.33. The van der Waals surface area contributed by atoms with Gasteiger partial charge < -0.3 is 14.4 Å². The Labute approximate surface area is 180 Å². The molecule has 3 aromatic rings. The summed E-state index contributed by atoms with van der Waals surface area (Å²) in [6.07, 6.45) is 1.68. The summed E-state index contributed by atoms with van der Waals surface area (Å²) in [5.41, 5.74) is 2.23. The number of aromatic nitrogens is 2. The maximum absolute atomic E-state index is 13.4. The number of ether oxygens (including phenoxy) is 2. The molecule has 0 radical (unpaired) electrons. The van der Waals surface area contributed by atoms with Crippen molar-refractivity contribution in [2.75, 3.05) is 38.8 Å². The summed E-state index contributed by atoms with van der Waals surface area (Å²) >= 11 is 0. The van der Waals surface area contributed by atoms with Crippen LogP contribution in [0, 0.1) is 0 Å². The standard InChI is InChI=1S/C22H23N3O5S/c1-29-17-8-9-20(30-2)18(14-17)21-19(15-25(23-21)16-6-4-3-5-7-16)22(26)24-10-12-31(27,28)13-11-24/h3-9,14-15H,10-13H2,1-2H3. The van der Waals surface area contributed by atoms with Gasteiger partial charge in [-0.25, -0.2) is 13.1 Å². The number of para-hydroxylation sites is 1. The number of amides is 1. The van der Waals surface area contributed by atoms with Gasteiger partial charge in [-0.1, -0.05) is 18.2 Å². The van der Waals surface area contributed by atoms with Crippen LogP contribution in [0.3, 0.4) is 0 Å². The lowest BCUT2D eigenvalue weighted by atomic mass is 10.1. The third-order valence-electron chi connectivity index (χ3n) is 5.26. The second-order valence-corrected chi connectivity index (χ2v) is 9.49. The van der Waals surface area contributed by atoms with Crippen molar-refractivity contribution >= 4 is 15.7 Å². The molecule has 162 valence electrons. The highest BCUT2D eigenvalue weighted by Crippen LogP contribution is 2.35. The predicted molar refractivity (Wildman–Crippen MR) is 117 cm³/mol. The van der Waals surface area contributed by atoms with Gasteiger partial charge in [-0.15, -0.1) is 0 Å². The smallest absolute Gasteiger partial charge is 0.257 e. The number of hydrogen-bond donors (Lipinski definition) is 0. The van der Waals surface area contributed by atoms with E-state index in [1.165, 1.54) is 0 Å². The summed E-state index contributed by atoms with van der Waals surface area (Å²) in [7, 11) is 0.0136. The van der Waals surface area contributed by atoms with Gasteiger partial charge in [0, 0.05) is 24.8 Å². The average Bonchev–Trinajstić information content (AvgIpc) is 3.24. The van der Waals surface area contributed by atoms with Crippen molar-refractivity contribution in [2.45, 2.75) is 0 Å². The van der Waals surface area contributed by atoms with Crippen molar-refractivity contribution < 1.29 is 22.7 Å². The summed E-state index contributed by atoms with van der Waals surface area (Å²) < 4.78 is 36.1. The number of rotatable bonds is 5. The van der Waals surface area contributed by atoms with Gasteiger partial charge in [0.1, 0.15) is 17.2 Å². The summed E-state index contributed by atoms with van der Waals surface area (Å²) in [6.45, 7) is 0.318. The van der Waals surface area contributed by atoms with Crippen LogP contribution in [0.15, 0.2) is 54.7 Å². The van der Waals surface area contributed by atoms with Crippen LogP contribution >= 0.6 is 0 Å². The molecular weight excluding hydrogens is 418 g/mol. The van der Waals surface area contributed by atoms with Gasteiger partial charge in [-0.05, 0) is 30.3 Å². The molecule has 0 spiro atoms. The Balaban J connectivity index is 1.83. The number of methoxy groups -OCH3 is 2. The van der Waals surface area contributed by atoms with Crippen LogP contribution in [0.2, 0.25) is 0 Å². The van der Waals surface area contributed by atoms with Crippen molar-refractivity contribution in [3.8, 4) is 28.4 Å². The van der Waals surface area contributed by atoms with E-state index < -0.39 is 9.84 Å². The van der Waals surface area contributed by atoms with Crippen molar-refractivity contribution in [1.29, 1.82) is 0 Å². The quantitative estimate of drug-likeness (QED) is 0.604. The van der Waals surface area contributed by atoms with Gasteiger partial charge in [0.25, 0.3) is 5.91 Å². The van der Waals surface area contributed by atoms with Crippen LogP contribution in [0.5, 0.6) is 11.5 Å². The third kappa shape index (κ3) is 4.27. The maximum atomic E-state index is 13.4. The Kier molecular flexibility index (Phi) is 5.69. The predicted octanol–water partition coefficient (Wildman–Crippen LogP) is 2.43. The van der Waals surface area contributed by atoms with E-state index in [0.717, 1.165) is 5.69 Å². The second kappa shape index (κ2) is 8.43. The zero-order chi connectivity index (χ0) is 22.0. The first kappa shape index (κ1) is 20.9. The van der Waals surface area contributed by atoms with Crippen molar-refractivity contribution in [3.63, 3.8) is 0 Å². The number of nitrogens with zero attached hydrogens (tertiary/aromatic N) is 3. The molecule has 2 heterocycles. The largest absolute Gasteiger partial charge is 0.497 e. The van der Waals surface area contributed by atoms with Crippen LogP contribution in [0.1, 0.15) is 10.4 Å². The number of carbonyl (C=O) groups excluding carboxylic acids is 1. The van der Waals surface area contributed by atoms with E-state index in [9.17, 15) is 13.2 Å². The third-order valence-corrected chi connectivity index (χ3v) is 6.87. The SMILES string of the molecule is COc1ccc(OC)c(-c2nn(-c3ccccc3)cc2C(=O)N2CCS(=O)(=O)CC2)c1. The molecule has 0 N–H and O–H groups in total. The zero-order valence-electron chi connectivity index (χ0n) is 17.3. The maximum Gasteiger partial charge on any atom is 0.257 e. The normalized spacial score (nSPS) is 15.5. The molecule has 1 saturated heterocycles. The molecule has 0 bridgehead atoms. The molecule has 2 aromatic carbocycles. The zero-order valence-corrected chi connectivity index (χ0v) is 18.1. The molecule has 1 fully saturated rings. The van der Waals surface area contributed by atoms with Crippen molar-refractivity contribution in [3.05, 3.63) is 60.3 Å². The molecule has 0 saturated carbocycles. The Morgan fingerprint density at radius 1 is 1.00 bits per heavy atom. The van der Waals surface area contributed by atoms with Crippen LogP contribution in [0.25, 0.3) is 16.9 Å². The molecule has 8 nitrogen and oxygen atoms in total. The minimum Gasteiger partial charge on any atom is -0.497 e. The first-order valence-corrected chi connectivity index (χ1v) is 11.6. The molecule has 1 aromatic heterocycles.